The molecule has 0 aliphatic carbocycles. The van der Waals surface area contributed by atoms with Gasteiger partial charge in [0.25, 0.3) is 5.69 Å². The molecule has 2 rings (SSSR count). The van der Waals surface area contributed by atoms with Crippen molar-refractivity contribution in [1.82, 2.24) is 0 Å². The molecule has 1 aliphatic heterocycles. The Labute approximate surface area is 112 Å². The molecule has 0 unspecified atom stereocenters. The molecule has 0 radical (unpaired) electrons. The van der Waals surface area contributed by atoms with E-state index in [9.17, 15) is 15.4 Å². The number of hydrogen-bond donors (Lipinski definition) is 0. The summed E-state index contributed by atoms with van der Waals surface area (Å²) in [5, 5.41) is 19.9. The molecule has 1 aromatic rings. The van der Waals surface area contributed by atoms with Crippen LogP contribution in [0.15, 0.2) is 18.2 Å². The number of nitro benzene ring substituents is 1. The molecule has 1 saturated heterocycles. The molecule has 0 N–H and O–H groups in total. The van der Waals surface area contributed by atoms with Gasteiger partial charge in [-0.25, -0.2) is 0 Å². The van der Waals surface area contributed by atoms with E-state index >= 15 is 0 Å². The summed E-state index contributed by atoms with van der Waals surface area (Å²) in [5.41, 5.74) is 1.17. The van der Waals surface area contributed by atoms with Crippen molar-refractivity contribution in [3.05, 3.63) is 33.9 Å². The van der Waals surface area contributed by atoms with Gasteiger partial charge in [0.05, 0.1) is 16.2 Å². The maximum absolute atomic E-state index is 10.7. The third-order valence-corrected chi connectivity index (χ3v) is 3.52. The molecule has 1 fully saturated rings. The second-order valence-electron chi connectivity index (χ2n) is 5.42. The second-order valence-corrected chi connectivity index (χ2v) is 5.42. The maximum Gasteiger partial charge on any atom is 0.270 e. The van der Waals surface area contributed by atoms with Crippen LogP contribution < -0.4 is 4.90 Å². The first-order valence-electron chi connectivity index (χ1n) is 6.44. The predicted octanol–water partition coefficient (Wildman–Crippen LogP) is 2.95. The first-order valence-corrected chi connectivity index (χ1v) is 6.44. The van der Waals surface area contributed by atoms with Crippen LogP contribution >= 0.6 is 0 Å². The third kappa shape index (κ3) is 2.84. The Morgan fingerprint density at radius 1 is 1.37 bits per heavy atom. The van der Waals surface area contributed by atoms with Crippen LogP contribution in [0.1, 0.15) is 25.8 Å². The number of benzene rings is 1. The number of rotatable bonds is 2. The molecule has 0 aromatic heterocycles. The summed E-state index contributed by atoms with van der Waals surface area (Å²) < 4.78 is 0. The van der Waals surface area contributed by atoms with Gasteiger partial charge in [-0.05, 0) is 24.3 Å². The Balaban J connectivity index is 2.34. The number of non-ortho nitro benzene ring substituents is 1. The Bertz CT molecular complexity index is 526. The minimum absolute atomic E-state index is 0.0293. The third-order valence-electron chi connectivity index (χ3n) is 3.52. The number of nitrogens with zero attached hydrogens (tertiary/aromatic N) is 3. The van der Waals surface area contributed by atoms with Gasteiger partial charge in [-0.1, -0.05) is 13.8 Å². The molecule has 100 valence electrons. The largest absolute Gasteiger partial charge is 0.370 e. The highest BCUT2D eigenvalue weighted by Gasteiger charge is 2.24. The van der Waals surface area contributed by atoms with Gasteiger partial charge < -0.3 is 4.90 Å². The van der Waals surface area contributed by atoms with E-state index in [1.807, 2.05) is 0 Å². The van der Waals surface area contributed by atoms with Crippen LogP contribution in [0.2, 0.25) is 0 Å². The van der Waals surface area contributed by atoms with Crippen molar-refractivity contribution in [3.8, 4) is 6.07 Å². The van der Waals surface area contributed by atoms with Crippen molar-refractivity contribution in [3.63, 3.8) is 0 Å². The molecule has 0 spiro atoms. The van der Waals surface area contributed by atoms with Crippen molar-refractivity contribution in [2.75, 3.05) is 18.0 Å². The van der Waals surface area contributed by atoms with E-state index in [1.165, 1.54) is 18.6 Å². The summed E-state index contributed by atoms with van der Waals surface area (Å²) in [6.07, 6.45) is 1.19. The minimum Gasteiger partial charge on any atom is -0.370 e. The van der Waals surface area contributed by atoms with Gasteiger partial charge in [0.2, 0.25) is 0 Å². The van der Waals surface area contributed by atoms with Crippen LogP contribution in [-0.2, 0) is 0 Å². The topological polar surface area (TPSA) is 70.2 Å². The van der Waals surface area contributed by atoms with Crippen LogP contribution in [-0.4, -0.2) is 18.0 Å². The zero-order valence-corrected chi connectivity index (χ0v) is 11.2. The van der Waals surface area contributed by atoms with Gasteiger partial charge in [0.1, 0.15) is 6.07 Å². The highest BCUT2D eigenvalue weighted by atomic mass is 16.6. The van der Waals surface area contributed by atoms with Crippen molar-refractivity contribution in [2.24, 2.45) is 11.8 Å². The maximum atomic E-state index is 10.7. The summed E-state index contributed by atoms with van der Waals surface area (Å²) in [6, 6.07) is 6.60. The number of anilines is 1. The molecular weight excluding hydrogens is 242 g/mol. The predicted molar refractivity (Wildman–Crippen MR) is 73.0 cm³/mol. The summed E-state index contributed by atoms with van der Waals surface area (Å²) in [6.45, 7) is 6.19. The normalized spacial score (nSPS) is 22.9. The van der Waals surface area contributed by atoms with E-state index in [-0.39, 0.29) is 5.69 Å². The molecule has 19 heavy (non-hydrogen) atoms. The fourth-order valence-corrected chi connectivity index (χ4v) is 2.86. The first-order chi connectivity index (χ1) is 9.01. The number of piperidine rings is 1. The minimum atomic E-state index is -0.466. The monoisotopic (exact) mass is 259 g/mol. The van der Waals surface area contributed by atoms with Gasteiger partial charge in [-0.2, -0.15) is 5.26 Å². The summed E-state index contributed by atoms with van der Waals surface area (Å²) in [4.78, 5) is 12.4. The molecule has 0 amide bonds. The molecule has 0 bridgehead atoms. The Morgan fingerprint density at radius 2 is 2.00 bits per heavy atom. The van der Waals surface area contributed by atoms with Crippen LogP contribution in [0.25, 0.3) is 0 Å². The van der Waals surface area contributed by atoms with E-state index in [4.69, 9.17) is 0 Å². The lowest BCUT2D eigenvalue weighted by Crippen LogP contribution is -2.39. The molecule has 1 aromatic carbocycles. The van der Waals surface area contributed by atoms with E-state index in [2.05, 4.69) is 24.8 Å². The average Bonchev–Trinajstić information content (AvgIpc) is 2.36. The van der Waals surface area contributed by atoms with Crippen LogP contribution in [0, 0.1) is 33.3 Å². The Hall–Kier alpha value is -2.09. The zero-order chi connectivity index (χ0) is 14.0. The van der Waals surface area contributed by atoms with Gasteiger partial charge in [-0.3, -0.25) is 10.1 Å². The first kappa shape index (κ1) is 13.3. The lowest BCUT2D eigenvalue weighted by atomic mass is 9.91. The van der Waals surface area contributed by atoms with Crippen molar-refractivity contribution in [1.29, 1.82) is 5.26 Å². The van der Waals surface area contributed by atoms with E-state index < -0.39 is 4.92 Å². The highest BCUT2D eigenvalue weighted by Crippen LogP contribution is 2.30. The van der Waals surface area contributed by atoms with Gasteiger partial charge in [0.15, 0.2) is 0 Å². The number of nitro groups is 1. The number of nitriles is 1. The molecular formula is C14H17N3O2. The van der Waals surface area contributed by atoms with E-state index in [1.54, 1.807) is 6.07 Å². The van der Waals surface area contributed by atoms with Crippen molar-refractivity contribution < 1.29 is 4.92 Å². The fraction of sp³-hybridized carbons (Fsp3) is 0.500. The average molecular weight is 259 g/mol. The Morgan fingerprint density at radius 3 is 2.53 bits per heavy atom. The molecule has 1 heterocycles. The second kappa shape index (κ2) is 5.27. The lowest BCUT2D eigenvalue weighted by Gasteiger charge is -2.37. The van der Waals surface area contributed by atoms with E-state index in [0.717, 1.165) is 18.8 Å². The molecule has 0 saturated carbocycles. The standard InChI is InChI=1S/C14H17N3O2/c1-10-5-11(2)9-16(8-10)14-4-3-13(17(18)19)6-12(14)7-15/h3-4,6,10-11H,5,8-9H2,1-2H3/t10-,11-/m0/s1. The van der Waals surface area contributed by atoms with Crippen LogP contribution in [0.5, 0.6) is 0 Å². The molecule has 2 atom stereocenters. The SMILES string of the molecule is C[C@H]1C[C@H](C)CN(c2ccc([N+](=O)[O-])cc2C#N)C1. The van der Waals surface area contributed by atoms with Crippen LogP contribution in [0.3, 0.4) is 0 Å². The van der Waals surface area contributed by atoms with Crippen molar-refractivity contribution >= 4 is 11.4 Å². The quantitative estimate of drug-likeness (QED) is 0.604. The highest BCUT2D eigenvalue weighted by molar-refractivity contribution is 5.63. The summed E-state index contributed by atoms with van der Waals surface area (Å²) in [7, 11) is 0. The summed E-state index contributed by atoms with van der Waals surface area (Å²) in [5.74, 6) is 1.15. The summed E-state index contributed by atoms with van der Waals surface area (Å²) >= 11 is 0. The molecule has 5 heteroatoms. The fourth-order valence-electron chi connectivity index (χ4n) is 2.86. The number of hydrogen-bond acceptors (Lipinski definition) is 4. The van der Waals surface area contributed by atoms with Gasteiger partial charge >= 0.3 is 0 Å². The lowest BCUT2D eigenvalue weighted by molar-refractivity contribution is -0.384. The Kier molecular flexibility index (Phi) is 3.70. The van der Waals surface area contributed by atoms with Crippen LogP contribution in [0.4, 0.5) is 11.4 Å². The smallest absolute Gasteiger partial charge is 0.270 e. The van der Waals surface area contributed by atoms with Gasteiger partial charge in [-0.15, -0.1) is 0 Å². The van der Waals surface area contributed by atoms with Gasteiger partial charge in [0, 0.05) is 25.2 Å². The zero-order valence-electron chi connectivity index (χ0n) is 11.2. The molecule has 5 nitrogen and oxygen atoms in total. The van der Waals surface area contributed by atoms with Crippen molar-refractivity contribution in [2.45, 2.75) is 20.3 Å². The van der Waals surface area contributed by atoms with E-state index in [0.29, 0.717) is 17.4 Å². The molecule has 1 aliphatic rings.